The molecule has 10 nitrogen and oxygen atoms in total. The van der Waals surface area contributed by atoms with Crippen LogP contribution in [-0.4, -0.2) is 84.7 Å². The van der Waals surface area contributed by atoms with Gasteiger partial charge in [0, 0.05) is 77.3 Å². The lowest BCUT2D eigenvalue weighted by Crippen LogP contribution is -2.58. The molecule has 0 N–H and O–H groups in total. The van der Waals surface area contributed by atoms with Crippen LogP contribution in [0.5, 0.6) is 11.5 Å². The quantitative estimate of drug-likeness (QED) is 0.388. The van der Waals surface area contributed by atoms with Crippen molar-refractivity contribution in [2.24, 2.45) is 0 Å². The van der Waals surface area contributed by atoms with Crippen molar-refractivity contribution >= 4 is 29.5 Å². The van der Waals surface area contributed by atoms with Gasteiger partial charge in [-0.1, -0.05) is 0 Å². The first-order valence-corrected chi connectivity index (χ1v) is 15.6. The van der Waals surface area contributed by atoms with Crippen LogP contribution in [0.15, 0.2) is 6.07 Å². The summed E-state index contributed by atoms with van der Waals surface area (Å²) in [5.41, 5.74) is 2.79. The Morgan fingerprint density at radius 1 is 0.810 bits per heavy atom. The Labute approximate surface area is 249 Å². The van der Waals surface area contributed by atoms with E-state index in [2.05, 4.69) is 20.8 Å². The fraction of sp³-hybridized carbons (Fsp3) is 0.625. The smallest absolute Gasteiger partial charge is 0.308 e. The number of benzene rings is 1. The Hall–Kier alpha value is -3.56. The van der Waals surface area contributed by atoms with E-state index in [9.17, 15) is 9.59 Å². The zero-order valence-electron chi connectivity index (χ0n) is 25.8. The Balaban J connectivity index is 1.17. The third kappa shape index (κ3) is 5.24. The van der Waals surface area contributed by atoms with Crippen LogP contribution in [0, 0.1) is 20.8 Å². The Bertz CT molecular complexity index is 1340. The first-order chi connectivity index (χ1) is 20.1. The van der Waals surface area contributed by atoms with E-state index in [1.807, 2.05) is 32.6 Å². The summed E-state index contributed by atoms with van der Waals surface area (Å²) in [5.74, 6) is 3.88. The summed E-state index contributed by atoms with van der Waals surface area (Å²) in [6.07, 6.45) is 6.05. The van der Waals surface area contributed by atoms with E-state index in [1.165, 1.54) is 32.6 Å². The summed E-state index contributed by atoms with van der Waals surface area (Å²) < 4.78 is 12.1. The molecule has 0 spiro atoms. The predicted molar refractivity (Wildman–Crippen MR) is 163 cm³/mol. The van der Waals surface area contributed by atoms with Gasteiger partial charge in [0.15, 0.2) is 5.60 Å². The molecule has 6 rings (SSSR count). The molecule has 0 bridgehead atoms. The van der Waals surface area contributed by atoms with E-state index in [0.717, 1.165) is 84.9 Å². The molecule has 1 atom stereocenters. The van der Waals surface area contributed by atoms with Gasteiger partial charge >= 0.3 is 5.97 Å². The topological polar surface area (TPSA) is 91.3 Å². The molecular formula is C32H44N6O4. The second-order valence-corrected chi connectivity index (χ2v) is 12.5. The van der Waals surface area contributed by atoms with E-state index in [-0.39, 0.29) is 11.9 Å². The third-order valence-corrected chi connectivity index (χ3v) is 9.59. The molecule has 0 aliphatic carbocycles. The number of carbonyl (C=O) groups is 2. The van der Waals surface area contributed by atoms with Gasteiger partial charge in [0.1, 0.15) is 23.1 Å². The highest BCUT2D eigenvalue weighted by Gasteiger charge is 2.44. The maximum absolute atomic E-state index is 14.0. The van der Waals surface area contributed by atoms with Crippen LogP contribution in [0.2, 0.25) is 0 Å². The summed E-state index contributed by atoms with van der Waals surface area (Å²) in [6.45, 7) is 16.0. The van der Waals surface area contributed by atoms with Crippen molar-refractivity contribution in [3.63, 3.8) is 0 Å². The molecule has 226 valence electrons. The van der Waals surface area contributed by atoms with E-state index < -0.39 is 5.60 Å². The van der Waals surface area contributed by atoms with Crippen molar-refractivity contribution in [2.45, 2.75) is 78.7 Å². The summed E-state index contributed by atoms with van der Waals surface area (Å²) >= 11 is 0. The molecule has 4 aliphatic rings. The largest absolute Gasteiger partial charge is 0.477 e. The molecule has 5 heterocycles. The van der Waals surface area contributed by atoms with E-state index in [0.29, 0.717) is 31.7 Å². The fourth-order valence-electron chi connectivity index (χ4n) is 6.89. The van der Waals surface area contributed by atoms with Crippen LogP contribution in [-0.2, 0) is 16.0 Å². The van der Waals surface area contributed by atoms with Crippen LogP contribution >= 0.6 is 0 Å². The number of piperazine rings is 1. The first kappa shape index (κ1) is 28.6. The fourth-order valence-corrected chi connectivity index (χ4v) is 6.89. The summed E-state index contributed by atoms with van der Waals surface area (Å²) in [5, 5.41) is 0. The van der Waals surface area contributed by atoms with Crippen LogP contribution in [0.1, 0.15) is 68.2 Å². The molecule has 10 heteroatoms. The number of aromatic nitrogens is 2. The number of hydrogen-bond acceptors (Lipinski definition) is 9. The highest BCUT2D eigenvalue weighted by Crippen LogP contribution is 2.44. The van der Waals surface area contributed by atoms with Gasteiger partial charge < -0.3 is 29.1 Å². The molecular weight excluding hydrogens is 532 g/mol. The predicted octanol–water partition coefficient (Wildman–Crippen LogP) is 3.96. The van der Waals surface area contributed by atoms with Crippen LogP contribution in [0.3, 0.4) is 0 Å². The maximum atomic E-state index is 14.0. The molecule has 1 unspecified atom stereocenters. The molecule has 0 saturated carbocycles. The zero-order chi connectivity index (χ0) is 29.6. The number of anilines is 3. The highest BCUT2D eigenvalue weighted by molar-refractivity contribution is 5.86. The van der Waals surface area contributed by atoms with E-state index >= 15 is 0 Å². The highest BCUT2D eigenvalue weighted by atomic mass is 16.5. The normalized spacial score (nSPS) is 22.3. The molecule has 1 aromatic heterocycles. The monoisotopic (exact) mass is 576 g/mol. The number of hydrogen-bond donors (Lipinski definition) is 0. The lowest BCUT2D eigenvalue weighted by Gasteiger charge is -2.42. The lowest BCUT2D eigenvalue weighted by molar-refractivity contribution is -0.148. The van der Waals surface area contributed by atoms with Gasteiger partial charge in [-0.05, 0) is 76.5 Å². The average Bonchev–Trinajstić information content (AvgIpc) is 3.73. The van der Waals surface area contributed by atoms with E-state index in [4.69, 9.17) is 19.4 Å². The second kappa shape index (κ2) is 11.3. The molecule has 2 aromatic rings. The van der Waals surface area contributed by atoms with Gasteiger partial charge in [0.05, 0.1) is 0 Å². The SMILES string of the molecule is CC(=O)Oc1c(C)c(C)c2c(c1C)CCC(C)(C(=O)N1CCN(c3cc(N4CCCC4)nc(N4CCCC4)n3)CC1)O2. The summed E-state index contributed by atoms with van der Waals surface area (Å²) in [6, 6.07) is 2.14. The van der Waals surface area contributed by atoms with Crippen molar-refractivity contribution in [3.05, 3.63) is 28.3 Å². The van der Waals surface area contributed by atoms with Gasteiger partial charge in [-0.3, -0.25) is 9.59 Å². The Morgan fingerprint density at radius 3 is 1.98 bits per heavy atom. The molecule has 0 radical (unpaired) electrons. The second-order valence-electron chi connectivity index (χ2n) is 12.5. The minimum absolute atomic E-state index is 0.0322. The average molecular weight is 577 g/mol. The van der Waals surface area contributed by atoms with Crippen molar-refractivity contribution in [1.29, 1.82) is 0 Å². The van der Waals surface area contributed by atoms with Crippen molar-refractivity contribution in [1.82, 2.24) is 14.9 Å². The zero-order valence-corrected chi connectivity index (χ0v) is 25.8. The number of carbonyl (C=O) groups excluding carboxylic acids is 2. The Morgan fingerprint density at radius 2 is 1.38 bits per heavy atom. The summed E-state index contributed by atoms with van der Waals surface area (Å²) in [7, 11) is 0. The van der Waals surface area contributed by atoms with Gasteiger partial charge in [-0.2, -0.15) is 9.97 Å². The molecule has 1 amide bonds. The first-order valence-electron chi connectivity index (χ1n) is 15.6. The van der Waals surface area contributed by atoms with Crippen LogP contribution in [0.25, 0.3) is 0 Å². The van der Waals surface area contributed by atoms with E-state index in [1.54, 1.807) is 0 Å². The van der Waals surface area contributed by atoms with Crippen molar-refractivity contribution < 1.29 is 19.1 Å². The third-order valence-electron chi connectivity index (χ3n) is 9.59. The van der Waals surface area contributed by atoms with Crippen molar-refractivity contribution in [3.8, 4) is 11.5 Å². The van der Waals surface area contributed by atoms with Gasteiger partial charge in [0.25, 0.3) is 5.91 Å². The molecule has 1 aromatic carbocycles. The number of fused-ring (bicyclic) bond motifs is 1. The lowest BCUT2D eigenvalue weighted by atomic mass is 9.86. The van der Waals surface area contributed by atoms with Gasteiger partial charge in [-0.25, -0.2) is 0 Å². The summed E-state index contributed by atoms with van der Waals surface area (Å²) in [4.78, 5) is 44.6. The van der Waals surface area contributed by atoms with Crippen LogP contribution in [0.4, 0.5) is 17.6 Å². The molecule has 3 saturated heterocycles. The number of nitrogens with zero attached hydrogens (tertiary/aromatic N) is 6. The maximum Gasteiger partial charge on any atom is 0.308 e. The molecule has 42 heavy (non-hydrogen) atoms. The van der Waals surface area contributed by atoms with Crippen LogP contribution < -0.4 is 24.2 Å². The minimum Gasteiger partial charge on any atom is -0.477 e. The standard InChI is InChI=1S/C32H44N6O4/c1-21-22(2)29-25(23(3)28(21)41-24(4)39)10-11-32(5,42-29)30(40)37-18-16-36(17-19-37)27-20-26(35-12-6-7-13-35)33-31(34-27)38-14-8-9-15-38/h20H,6-19H2,1-5H3. The Kier molecular flexibility index (Phi) is 7.66. The van der Waals surface area contributed by atoms with Gasteiger partial charge in [0.2, 0.25) is 5.95 Å². The molecule has 3 fully saturated rings. The number of rotatable bonds is 5. The van der Waals surface area contributed by atoms with Crippen molar-refractivity contribution in [2.75, 3.05) is 67.1 Å². The van der Waals surface area contributed by atoms with Gasteiger partial charge in [-0.15, -0.1) is 0 Å². The number of esters is 1. The molecule has 4 aliphatic heterocycles. The number of amides is 1. The number of ether oxygens (including phenoxy) is 2. The minimum atomic E-state index is -0.942.